The second-order valence-corrected chi connectivity index (χ2v) is 6.12. The first kappa shape index (κ1) is 16.3. The van der Waals surface area contributed by atoms with E-state index in [9.17, 15) is 0 Å². The molecule has 124 valence electrons. The molecule has 2 aromatic heterocycles. The van der Waals surface area contributed by atoms with Crippen LogP contribution in [0.3, 0.4) is 0 Å². The van der Waals surface area contributed by atoms with Crippen LogP contribution >= 0.6 is 0 Å². The standard InChI is InChI=1S/C19H23N5/c1-16(12-18-13-20-8-9-21-18)23(2)15-19-22-10-11-24(19)14-17-6-4-3-5-7-17/h3-11,13,16H,12,14-15H2,1-2H3/t16-/m0/s1. The van der Waals surface area contributed by atoms with E-state index in [1.54, 1.807) is 12.4 Å². The molecule has 0 fully saturated rings. The molecule has 0 aliphatic heterocycles. The lowest BCUT2D eigenvalue weighted by molar-refractivity contribution is 0.238. The van der Waals surface area contributed by atoms with Gasteiger partial charge < -0.3 is 4.57 Å². The number of benzene rings is 1. The Bertz CT molecular complexity index is 739. The second kappa shape index (κ2) is 7.84. The van der Waals surface area contributed by atoms with Gasteiger partial charge in [-0.1, -0.05) is 30.3 Å². The van der Waals surface area contributed by atoms with Gasteiger partial charge in [0.15, 0.2) is 0 Å². The van der Waals surface area contributed by atoms with Gasteiger partial charge in [0.2, 0.25) is 0 Å². The van der Waals surface area contributed by atoms with E-state index in [0.29, 0.717) is 6.04 Å². The van der Waals surface area contributed by atoms with Gasteiger partial charge in [-0.2, -0.15) is 0 Å². The van der Waals surface area contributed by atoms with Crippen molar-refractivity contribution in [3.8, 4) is 0 Å². The molecule has 1 aromatic carbocycles. The molecular weight excluding hydrogens is 298 g/mol. The van der Waals surface area contributed by atoms with E-state index in [1.807, 2.05) is 24.7 Å². The molecule has 2 heterocycles. The van der Waals surface area contributed by atoms with Gasteiger partial charge in [0, 0.05) is 50.0 Å². The lowest BCUT2D eigenvalue weighted by Crippen LogP contribution is -2.31. The van der Waals surface area contributed by atoms with Crippen molar-refractivity contribution in [2.45, 2.75) is 32.5 Å². The molecule has 0 aliphatic rings. The molecule has 24 heavy (non-hydrogen) atoms. The molecule has 0 spiro atoms. The lowest BCUT2D eigenvalue weighted by Gasteiger charge is -2.24. The van der Waals surface area contributed by atoms with E-state index in [4.69, 9.17) is 0 Å². The van der Waals surface area contributed by atoms with Crippen LogP contribution < -0.4 is 0 Å². The summed E-state index contributed by atoms with van der Waals surface area (Å²) in [5, 5.41) is 0. The summed E-state index contributed by atoms with van der Waals surface area (Å²) >= 11 is 0. The van der Waals surface area contributed by atoms with E-state index >= 15 is 0 Å². The first-order chi connectivity index (χ1) is 11.7. The third kappa shape index (κ3) is 4.26. The number of hydrogen-bond donors (Lipinski definition) is 0. The Morgan fingerprint density at radius 2 is 1.92 bits per heavy atom. The Morgan fingerprint density at radius 3 is 2.67 bits per heavy atom. The highest BCUT2D eigenvalue weighted by molar-refractivity contribution is 5.15. The molecule has 0 saturated carbocycles. The Balaban J connectivity index is 1.62. The minimum absolute atomic E-state index is 0.364. The van der Waals surface area contributed by atoms with E-state index < -0.39 is 0 Å². The summed E-state index contributed by atoms with van der Waals surface area (Å²) in [6, 6.07) is 10.8. The van der Waals surface area contributed by atoms with Crippen molar-refractivity contribution in [1.82, 2.24) is 24.4 Å². The summed E-state index contributed by atoms with van der Waals surface area (Å²) in [5.74, 6) is 1.08. The van der Waals surface area contributed by atoms with Crippen molar-refractivity contribution < 1.29 is 0 Å². The minimum Gasteiger partial charge on any atom is -0.329 e. The summed E-state index contributed by atoms with van der Waals surface area (Å²) in [6.45, 7) is 3.86. The molecule has 0 amide bonds. The molecule has 3 aromatic rings. The molecule has 0 radical (unpaired) electrons. The van der Waals surface area contributed by atoms with Crippen molar-refractivity contribution in [2.24, 2.45) is 0 Å². The quantitative estimate of drug-likeness (QED) is 0.671. The van der Waals surface area contributed by atoms with Gasteiger partial charge in [0.1, 0.15) is 5.82 Å². The van der Waals surface area contributed by atoms with Crippen LogP contribution in [0.4, 0.5) is 0 Å². The van der Waals surface area contributed by atoms with Gasteiger partial charge in [0.25, 0.3) is 0 Å². The van der Waals surface area contributed by atoms with E-state index in [-0.39, 0.29) is 0 Å². The topological polar surface area (TPSA) is 46.8 Å². The third-order valence-corrected chi connectivity index (χ3v) is 4.26. The number of rotatable bonds is 7. The Labute approximate surface area is 143 Å². The average molecular weight is 321 g/mol. The van der Waals surface area contributed by atoms with Crippen LogP contribution in [-0.4, -0.2) is 37.5 Å². The highest BCUT2D eigenvalue weighted by Crippen LogP contribution is 2.11. The molecule has 0 unspecified atom stereocenters. The van der Waals surface area contributed by atoms with Gasteiger partial charge in [-0.3, -0.25) is 14.9 Å². The first-order valence-electron chi connectivity index (χ1n) is 8.21. The predicted octanol–water partition coefficient (Wildman–Crippen LogP) is 2.78. The molecule has 0 bridgehead atoms. The monoisotopic (exact) mass is 321 g/mol. The third-order valence-electron chi connectivity index (χ3n) is 4.26. The Hall–Kier alpha value is -2.53. The van der Waals surface area contributed by atoms with E-state index in [1.165, 1.54) is 5.56 Å². The zero-order valence-corrected chi connectivity index (χ0v) is 14.2. The van der Waals surface area contributed by atoms with Crippen LogP contribution in [0, 0.1) is 0 Å². The van der Waals surface area contributed by atoms with Gasteiger partial charge in [0.05, 0.1) is 12.2 Å². The van der Waals surface area contributed by atoms with E-state index in [2.05, 4.69) is 62.7 Å². The number of nitrogens with zero attached hydrogens (tertiary/aromatic N) is 5. The minimum atomic E-state index is 0.364. The number of hydrogen-bond acceptors (Lipinski definition) is 4. The maximum absolute atomic E-state index is 4.54. The Morgan fingerprint density at radius 1 is 1.08 bits per heavy atom. The molecule has 0 aliphatic carbocycles. The van der Waals surface area contributed by atoms with Crippen LogP contribution in [0.2, 0.25) is 0 Å². The smallest absolute Gasteiger partial charge is 0.123 e. The van der Waals surface area contributed by atoms with Crippen molar-refractivity contribution in [3.63, 3.8) is 0 Å². The van der Waals surface area contributed by atoms with Crippen LogP contribution in [0.5, 0.6) is 0 Å². The second-order valence-electron chi connectivity index (χ2n) is 6.12. The highest BCUT2D eigenvalue weighted by Gasteiger charge is 2.14. The molecule has 5 heteroatoms. The largest absolute Gasteiger partial charge is 0.329 e. The first-order valence-corrected chi connectivity index (χ1v) is 8.21. The van der Waals surface area contributed by atoms with Crippen molar-refractivity contribution in [2.75, 3.05) is 7.05 Å². The number of imidazole rings is 1. The summed E-state index contributed by atoms with van der Waals surface area (Å²) in [6.07, 6.45) is 10.1. The lowest BCUT2D eigenvalue weighted by atomic mass is 10.1. The molecule has 1 atom stereocenters. The fraction of sp³-hybridized carbons (Fsp3) is 0.316. The maximum atomic E-state index is 4.54. The molecule has 5 nitrogen and oxygen atoms in total. The van der Waals surface area contributed by atoms with Crippen LogP contribution in [0.25, 0.3) is 0 Å². The maximum Gasteiger partial charge on any atom is 0.123 e. The van der Waals surface area contributed by atoms with Crippen LogP contribution in [-0.2, 0) is 19.5 Å². The highest BCUT2D eigenvalue weighted by atomic mass is 15.2. The summed E-state index contributed by atoms with van der Waals surface area (Å²) in [7, 11) is 2.13. The number of likely N-dealkylation sites (N-methyl/N-ethyl adjacent to an activating group) is 1. The molecular formula is C19H23N5. The number of aromatic nitrogens is 4. The summed E-state index contributed by atoms with van der Waals surface area (Å²) in [5.41, 5.74) is 2.30. The fourth-order valence-electron chi connectivity index (χ4n) is 2.69. The van der Waals surface area contributed by atoms with Crippen molar-refractivity contribution >= 4 is 0 Å². The molecule has 0 saturated heterocycles. The van der Waals surface area contributed by atoms with Crippen LogP contribution in [0.1, 0.15) is 24.0 Å². The van der Waals surface area contributed by atoms with Gasteiger partial charge >= 0.3 is 0 Å². The van der Waals surface area contributed by atoms with Crippen molar-refractivity contribution in [3.05, 3.63) is 78.4 Å². The molecule has 0 N–H and O–H groups in total. The normalized spacial score (nSPS) is 12.5. The van der Waals surface area contributed by atoms with E-state index in [0.717, 1.165) is 31.0 Å². The Kier molecular flexibility index (Phi) is 5.33. The van der Waals surface area contributed by atoms with Crippen molar-refractivity contribution in [1.29, 1.82) is 0 Å². The van der Waals surface area contributed by atoms with Gasteiger partial charge in [-0.25, -0.2) is 4.98 Å². The summed E-state index contributed by atoms with van der Waals surface area (Å²) in [4.78, 5) is 15.3. The van der Waals surface area contributed by atoms with Gasteiger partial charge in [-0.05, 0) is 19.5 Å². The SMILES string of the molecule is C[C@@H](Cc1cnccn1)N(C)Cc1nccn1Cc1ccccc1. The zero-order valence-electron chi connectivity index (χ0n) is 14.2. The summed E-state index contributed by atoms with van der Waals surface area (Å²) < 4.78 is 2.21. The zero-order chi connectivity index (χ0) is 16.8. The average Bonchev–Trinajstić information content (AvgIpc) is 3.03. The van der Waals surface area contributed by atoms with Crippen LogP contribution in [0.15, 0.2) is 61.3 Å². The molecule has 3 rings (SSSR count). The predicted molar refractivity (Wildman–Crippen MR) is 94.4 cm³/mol. The fourth-order valence-corrected chi connectivity index (χ4v) is 2.69. The van der Waals surface area contributed by atoms with Gasteiger partial charge in [-0.15, -0.1) is 0 Å².